The Balaban J connectivity index is 1.85. The number of carbonyl (C=O) groups excluding carboxylic acids is 2. The molecule has 2 atom stereocenters. The average molecular weight is 357 g/mol. The lowest BCUT2D eigenvalue weighted by Gasteiger charge is -2.29. The molecule has 0 unspecified atom stereocenters. The van der Waals surface area contributed by atoms with Crippen molar-refractivity contribution in [1.29, 1.82) is 0 Å². The van der Waals surface area contributed by atoms with E-state index >= 15 is 0 Å². The molecule has 0 spiro atoms. The Morgan fingerprint density at radius 1 is 1.08 bits per heavy atom. The van der Waals surface area contributed by atoms with Gasteiger partial charge in [0.2, 0.25) is 5.91 Å². The highest BCUT2D eigenvalue weighted by Crippen LogP contribution is 2.31. The van der Waals surface area contributed by atoms with E-state index in [1.165, 1.54) is 0 Å². The summed E-state index contributed by atoms with van der Waals surface area (Å²) in [6.07, 6.45) is -1.55. The third kappa shape index (κ3) is 6.40. The molecular weight excluding hydrogens is 335 g/mol. The number of halogens is 3. The van der Waals surface area contributed by atoms with Gasteiger partial charge in [-0.2, -0.15) is 13.2 Å². The Hall–Kier alpha value is -2.05. The molecule has 7 heteroatoms. The zero-order valence-electron chi connectivity index (χ0n) is 13.8. The normalized spacial score (nSPS) is 20.8. The summed E-state index contributed by atoms with van der Waals surface area (Å²) in [7, 11) is 0. The molecule has 0 heterocycles. The predicted octanol–water partition coefficient (Wildman–Crippen LogP) is 3.26. The van der Waals surface area contributed by atoms with Crippen LogP contribution in [0.25, 0.3) is 0 Å². The number of nitrogens with one attached hydrogen (secondary N) is 1. The number of hydrogen-bond acceptors (Lipinski definition) is 3. The van der Waals surface area contributed by atoms with Crippen LogP contribution in [-0.2, 0) is 20.7 Å². The quantitative estimate of drug-likeness (QED) is 0.795. The number of rotatable bonds is 6. The van der Waals surface area contributed by atoms with Crippen LogP contribution < -0.4 is 5.32 Å². The number of hydrogen-bond donors (Lipinski definition) is 1. The molecule has 1 aromatic rings. The minimum Gasteiger partial charge on any atom is -0.456 e. The average Bonchev–Trinajstić information content (AvgIpc) is 2.60. The van der Waals surface area contributed by atoms with Crippen LogP contribution in [0.1, 0.15) is 31.2 Å². The fraction of sp³-hybridized carbons (Fsp3) is 0.556. The van der Waals surface area contributed by atoms with Gasteiger partial charge in [0.05, 0.1) is 11.8 Å². The molecule has 138 valence electrons. The maximum atomic E-state index is 12.4. The summed E-state index contributed by atoms with van der Waals surface area (Å²) >= 11 is 0. The number of ether oxygens (including phenoxy) is 1. The zero-order valence-corrected chi connectivity index (χ0v) is 13.8. The van der Waals surface area contributed by atoms with Crippen LogP contribution >= 0.6 is 0 Å². The molecule has 1 aliphatic rings. The summed E-state index contributed by atoms with van der Waals surface area (Å²) in [5.41, 5.74) is 1.08. The number of benzene rings is 1. The van der Waals surface area contributed by atoms with E-state index in [9.17, 15) is 22.8 Å². The van der Waals surface area contributed by atoms with Crippen molar-refractivity contribution < 1.29 is 27.5 Å². The number of amides is 1. The van der Waals surface area contributed by atoms with Crippen LogP contribution in [0.3, 0.4) is 0 Å². The monoisotopic (exact) mass is 357 g/mol. The second-order valence-electron chi connectivity index (χ2n) is 6.25. The van der Waals surface area contributed by atoms with E-state index in [1.54, 1.807) is 0 Å². The van der Waals surface area contributed by atoms with Gasteiger partial charge in [-0.1, -0.05) is 43.2 Å². The van der Waals surface area contributed by atoms with Gasteiger partial charge in [0, 0.05) is 6.54 Å². The third-order valence-corrected chi connectivity index (χ3v) is 4.34. The molecule has 1 N–H and O–H groups in total. The standard InChI is InChI=1S/C18H22F3NO3/c19-18(20,21)12-25-17(24)15-9-5-4-8-14(15)16(23)22-11-10-13-6-2-1-3-7-13/h1-3,6-7,14-15H,4-5,8-12H2,(H,22,23)/t14-,15-/m0/s1. The van der Waals surface area contributed by atoms with Crippen molar-refractivity contribution in [3.8, 4) is 0 Å². The number of esters is 1. The molecular formula is C18H22F3NO3. The Morgan fingerprint density at radius 3 is 2.36 bits per heavy atom. The molecule has 1 aliphatic carbocycles. The summed E-state index contributed by atoms with van der Waals surface area (Å²) in [4.78, 5) is 24.3. The van der Waals surface area contributed by atoms with Crippen LogP contribution in [0, 0.1) is 11.8 Å². The molecule has 0 radical (unpaired) electrons. The first kappa shape index (κ1) is 19.3. The lowest BCUT2D eigenvalue weighted by Crippen LogP contribution is -2.41. The Morgan fingerprint density at radius 2 is 1.72 bits per heavy atom. The van der Waals surface area contributed by atoms with Crippen molar-refractivity contribution in [2.75, 3.05) is 13.2 Å². The second-order valence-corrected chi connectivity index (χ2v) is 6.25. The van der Waals surface area contributed by atoms with Gasteiger partial charge >= 0.3 is 12.1 Å². The van der Waals surface area contributed by atoms with Crippen molar-refractivity contribution in [2.45, 2.75) is 38.3 Å². The van der Waals surface area contributed by atoms with Crippen LogP contribution in [0.4, 0.5) is 13.2 Å². The molecule has 0 aliphatic heterocycles. The van der Waals surface area contributed by atoms with Crippen molar-refractivity contribution >= 4 is 11.9 Å². The van der Waals surface area contributed by atoms with Gasteiger partial charge in [0.1, 0.15) is 0 Å². The Kier molecular flexibility index (Phi) is 6.84. The molecule has 2 rings (SSSR count). The summed E-state index contributed by atoms with van der Waals surface area (Å²) in [5, 5.41) is 2.79. The number of carbonyl (C=O) groups is 2. The lowest BCUT2D eigenvalue weighted by atomic mass is 9.78. The molecule has 0 saturated heterocycles. The lowest BCUT2D eigenvalue weighted by molar-refractivity contribution is -0.191. The van der Waals surface area contributed by atoms with Gasteiger partial charge in [-0.25, -0.2) is 0 Å². The van der Waals surface area contributed by atoms with Crippen molar-refractivity contribution in [1.82, 2.24) is 5.32 Å². The summed E-state index contributed by atoms with van der Waals surface area (Å²) in [5.74, 6) is -2.64. The fourth-order valence-corrected chi connectivity index (χ4v) is 3.09. The Labute approximate surface area is 144 Å². The third-order valence-electron chi connectivity index (χ3n) is 4.34. The molecule has 1 amide bonds. The SMILES string of the molecule is O=C(NCCc1ccccc1)[C@H]1CCCC[C@@H]1C(=O)OCC(F)(F)F. The van der Waals surface area contributed by atoms with Gasteiger partial charge in [-0.15, -0.1) is 0 Å². The molecule has 0 bridgehead atoms. The first-order valence-corrected chi connectivity index (χ1v) is 8.42. The van der Waals surface area contributed by atoms with Crippen LogP contribution in [0.15, 0.2) is 30.3 Å². The zero-order chi connectivity index (χ0) is 18.3. The van der Waals surface area contributed by atoms with Crippen LogP contribution in [-0.4, -0.2) is 31.2 Å². The highest BCUT2D eigenvalue weighted by Gasteiger charge is 2.38. The van der Waals surface area contributed by atoms with Crippen LogP contribution in [0.2, 0.25) is 0 Å². The van der Waals surface area contributed by atoms with Gasteiger partial charge < -0.3 is 10.1 Å². The first-order chi connectivity index (χ1) is 11.9. The van der Waals surface area contributed by atoms with E-state index in [0.29, 0.717) is 32.2 Å². The van der Waals surface area contributed by atoms with E-state index in [2.05, 4.69) is 10.1 Å². The molecule has 25 heavy (non-hydrogen) atoms. The maximum absolute atomic E-state index is 12.4. The van der Waals surface area contributed by atoms with Gasteiger partial charge in [0.25, 0.3) is 0 Å². The van der Waals surface area contributed by atoms with Gasteiger partial charge in [-0.3, -0.25) is 9.59 Å². The van der Waals surface area contributed by atoms with E-state index in [0.717, 1.165) is 12.0 Å². The molecule has 1 saturated carbocycles. The number of alkyl halides is 3. The molecule has 1 aromatic carbocycles. The predicted molar refractivity (Wildman–Crippen MR) is 85.6 cm³/mol. The van der Waals surface area contributed by atoms with E-state index in [-0.39, 0.29) is 5.91 Å². The maximum Gasteiger partial charge on any atom is 0.422 e. The summed E-state index contributed by atoms with van der Waals surface area (Å²) in [6, 6.07) is 9.62. The highest BCUT2D eigenvalue weighted by atomic mass is 19.4. The minimum absolute atomic E-state index is 0.287. The van der Waals surface area contributed by atoms with E-state index < -0.39 is 30.6 Å². The largest absolute Gasteiger partial charge is 0.456 e. The second kappa shape index (κ2) is 8.87. The van der Waals surface area contributed by atoms with Gasteiger partial charge in [0.15, 0.2) is 6.61 Å². The van der Waals surface area contributed by atoms with Crippen molar-refractivity contribution in [3.05, 3.63) is 35.9 Å². The van der Waals surface area contributed by atoms with Crippen LogP contribution in [0.5, 0.6) is 0 Å². The van der Waals surface area contributed by atoms with Crippen molar-refractivity contribution in [2.24, 2.45) is 11.8 Å². The van der Waals surface area contributed by atoms with E-state index in [4.69, 9.17) is 0 Å². The molecule has 1 fully saturated rings. The Bertz CT molecular complexity index is 575. The fourth-order valence-electron chi connectivity index (χ4n) is 3.09. The summed E-state index contributed by atoms with van der Waals surface area (Å²) in [6.45, 7) is -1.19. The topological polar surface area (TPSA) is 55.4 Å². The van der Waals surface area contributed by atoms with Gasteiger partial charge in [-0.05, 0) is 24.8 Å². The molecule has 0 aromatic heterocycles. The highest BCUT2D eigenvalue weighted by molar-refractivity contribution is 5.85. The van der Waals surface area contributed by atoms with E-state index in [1.807, 2.05) is 30.3 Å². The van der Waals surface area contributed by atoms with Crippen molar-refractivity contribution in [3.63, 3.8) is 0 Å². The minimum atomic E-state index is -4.56. The smallest absolute Gasteiger partial charge is 0.422 e. The first-order valence-electron chi connectivity index (χ1n) is 8.42. The molecule has 4 nitrogen and oxygen atoms in total. The summed E-state index contributed by atoms with van der Waals surface area (Å²) < 4.78 is 41.0.